The van der Waals surface area contributed by atoms with Crippen molar-refractivity contribution in [1.29, 1.82) is 0 Å². The van der Waals surface area contributed by atoms with Gasteiger partial charge in [0.05, 0.1) is 6.10 Å². The Kier molecular flexibility index (Phi) is 10.7. The second kappa shape index (κ2) is 12.7. The van der Waals surface area contributed by atoms with Crippen LogP contribution in [0.1, 0.15) is 19.3 Å². The summed E-state index contributed by atoms with van der Waals surface area (Å²) in [6, 6.07) is 8.07. The maximum absolute atomic E-state index is 6.12. The van der Waals surface area contributed by atoms with Crippen molar-refractivity contribution >= 4 is 47.2 Å². The Balaban J connectivity index is 0.00000280. The van der Waals surface area contributed by atoms with Crippen LogP contribution in [0.15, 0.2) is 29.3 Å². The van der Waals surface area contributed by atoms with Crippen molar-refractivity contribution in [1.82, 2.24) is 10.2 Å². The van der Waals surface area contributed by atoms with Crippen molar-refractivity contribution in [2.24, 2.45) is 4.99 Å². The van der Waals surface area contributed by atoms with Crippen molar-refractivity contribution in [3.63, 3.8) is 0 Å². The summed E-state index contributed by atoms with van der Waals surface area (Å²) in [7, 11) is 1.85. The lowest BCUT2D eigenvalue weighted by Crippen LogP contribution is -2.52. The molecule has 0 unspecified atom stereocenters. The van der Waals surface area contributed by atoms with Crippen LogP contribution in [0.5, 0.6) is 0 Å². The number of nitrogens with one attached hydrogen (secondary N) is 1. The molecule has 0 aromatic heterocycles. The molecule has 0 amide bonds. The van der Waals surface area contributed by atoms with E-state index in [1.807, 2.05) is 25.2 Å². The van der Waals surface area contributed by atoms with Gasteiger partial charge in [-0.25, -0.2) is 0 Å². The lowest BCUT2D eigenvalue weighted by Gasteiger charge is -2.37. The summed E-state index contributed by atoms with van der Waals surface area (Å²) in [6.07, 6.45) is 3.40. The highest BCUT2D eigenvalue weighted by molar-refractivity contribution is 14.0. The van der Waals surface area contributed by atoms with E-state index in [1.54, 1.807) is 0 Å². The van der Waals surface area contributed by atoms with Crippen molar-refractivity contribution in [2.45, 2.75) is 25.4 Å². The molecule has 0 radical (unpaired) electrons. The molecule has 1 aromatic carbocycles. The van der Waals surface area contributed by atoms with Gasteiger partial charge in [-0.05, 0) is 37.5 Å². The van der Waals surface area contributed by atoms with Gasteiger partial charge in [0.15, 0.2) is 5.96 Å². The minimum Gasteiger partial charge on any atom is -0.381 e. The average molecular weight is 523 g/mol. The van der Waals surface area contributed by atoms with Crippen LogP contribution in [0.2, 0.25) is 5.02 Å². The summed E-state index contributed by atoms with van der Waals surface area (Å²) in [5, 5.41) is 4.26. The van der Waals surface area contributed by atoms with E-state index in [9.17, 15) is 0 Å². The number of hydrogen-bond acceptors (Lipinski definition) is 4. The van der Waals surface area contributed by atoms with Crippen LogP contribution >= 0.6 is 35.6 Å². The molecule has 1 N–H and O–H groups in total. The van der Waals surface area contributed by atoms with E-state index in [0.29, 0.717) is 6.10 Å². The number of rotatable bonds is 6. The van der Waals surface area contributed by atoms with Gasteiger partial charge in [-0.1, -0.05) is 17.7 Å². The molecule has 0 aliphatic carbocycles. The fourth-order valence-corrected chi connectivity index (χ4v) is 3.73. The fraction of sp³-hybridized carbons (Fsp3) is 0.650. The van der Waals surface area contributed by atoms with Gasteiger partial charge in [-0.15, -0.1) is 24.0 Å². The molecule has 28 heavy (non-hydrogen) atoms. The second-order valence-corrected chi connectivity index (χ2v) is 7.40. The van der Waals surface area contributed by atoms with Gasteiger partial charge in [0, 0.05) is 70.3 Å². The van der Waals surface area contributed by atoms with Crippen molar-refractivity contribution in [2.75, 3.05) is 64.5 Å². The molecule has 0 saturated carbocycles. The van der Waals surface area contributed by atoms with Gasteiger partial charge in [-0.3, -0.25) is 4.99 Å². The Morgan fingerprint density at radius 1 is 1.25 bits per heavy atom. The molecule has 2 aliphatic heterocycles. The first-order valence-electron chi connectivity index (χ1n) is 9.92. The molecule has 1 aromatic rings. The molecule has 0 bridgehead atoms. The van der Waals surface area contributed by atoms with E-state index >= 15 is 0 Å². The number of benzene rings is 1. The third kappa shape index (κ3) is 7.24. The Labute approximate surface area is 190 Å². The molecule has 3 rings (SSSR count). The maximum Gasteiger partial charge on any atom is 0.193 e. The predicted octanol–water partition coefficient (Wildman–Crippen LogP) is 3.24. The molecule has 2 heterocycles. The fourth-order valence-electron chi connectivity index (χ4n) is 3.55. The minimum atomic E-state index is 0. The molecule has 2 saturated heterocycles. The molecular formula is C20H32ClIN4O2. The zero-order chi connectivity index (χ0) is 18.9. The van der Waals surface area contributed by atoms with Crippen LogP contribution < -0.4 is 10.2 Å². The molecular weight excluding hydrogens is 491 g/mol. The molecule has 8 heteroatoms. The maximum atomic E-state index is 6.12. The molecule has 0 atom stereocenters. The molecule has 2 fully saturated rings. The number of anilines is 1. The molecule has 2 aliphatic rings. The smallest absolute Gasteiger partial charge is 0.193 e. The van der Waals surface area contributed by atoms with Gasteiger partial charge >= 0.3 is 0 Å². The van der Waals surface area contributed by atoms with Gasteiger partial charge in [0.25, 0.3) is 0 Å². The highest BCUT2D eigenvalue weighted by Crippen LogP contribution is 2.20. The van der Waals surface area contributed by atoms with Gasteiger partial charge < -0.3 is 24.6 Å². The topological polar surface area (TPSA) is 49.3 Å². The molecule has 0 spiro atoms. The van der Waals surface area contributed by atoms with Crippen molar-refractivity contribution in [3.8, 4) is 0 Å². The Morgan fingerprint density at radius 3 is 2.68 bits per heavy atom. The lowest BCUT2D eigenvalue weighted by atomic mass is 10.1. The minimum absolute atomic E-state index is 0. The highest BCUT2D eigenvalue weighted by Gasteiger charge is 2.20. The standard InChI is InChI=1S/C20H31ClN4O2.HI/c1-22-20(23-8-3-13-27-19-6-14-26-15-7-19)25-11-9-24(10-12-25)18-5-2-4-17(21)16-18;/h2,4-5,16,19H,3,6-15H2,1H3,(H,22,23);1H. The number of ether oxygens (including phenoxy) is 2. The van der Waals surface area contributed by atoms with E-state index in [-0.39, 0.29) is 24.0 Å². The summed E-state index contributed by atoms with van der Waals surface area (Å²) in [6.45, 7) is 7.16. The molecule has 158 valence electrons. The zero-order valence-electron chi connectivity index (χ0n) is 16.6. The number of halogens is 2. The normalized spacial score (nSPS) is 18.7. The van der Waals surface area contributed by atoms with Crippen LogP contribution in [0.4, 0.5) is 5.69 Å². The SMILES string of the molecule is CN=C(NCCCOC1CCOCC1)N1CCN(c2cccc(Cl)c2)CC1.I. The quantitative estimate of drug-likeness (QED) is 0.269. The Hall–Kier alpha value is -0.770. The number of aliphatic imine (C=N–C) groups is 1. The number of nitrogens with zero attached hydrogens (tertiary/aromatic N) is 3. The number of hydrogen-bond donors (Lipinski definition) is 1. The van der Waals surface area contributed by atoms with Crippen LogP contribution in [-0.2, 0) is 9.47 Å². The van der Waals surface area contributed by atoms with Crippen LogP contribution in [-0.4, -0.2) is 76.6 Å². The van der Waals surface area contributed by atoms with Gasteiger partial charge in [0.2, 0.25) is 0 Å². The van der Waals surface area contributed by atoms with Crippen LogP contribution in [0, 0.1) is 0 Å². The lowest BCUT2D eigenvalue weighted by molar-refractivity contribution is -0.0320. The van der Waals surface area contributed by atoms with Crippen LogP contribution in [0.25, 0.3) is 0 Å². The summed E-state index contributed by atoms with van der Waals surface area (Å²) in [4.78, 5) is 9.14. The average Bonchev–Trinajstić information content (AvgIpc) is 2.72. The summed E-state index contributed by atoms with van der Waals surface area (Å²) >= 11 is 6.12. The summed E-state index contributed by atoms with van der Waals surface area (Å²) < 4.78 is 11.3. The van der Waals surface area contributed by atoms with Gasteiger partial charge in [0.1, 0.15) is 0 Å². The van der Waals surface area contributed by atoms with E-state index < -0.39 is 0 Å². The number of piperazine rings is 1. The highest BCUT2D eigenvalue weighted by atomic mass is 127. The summed E-state index contributed by atoms with van der Waals surface area (Å²) in [5.74, 6) is 0.979. The third-order valence-corrected chi connectivity index (χ3v) is 5.33. The summed E-state index contributed by atoms with van der Waals surface area (Å²) in [5.41, 5.74) is 1.19. The second-order valence-electron chi connectivity index (χ2n) is 6.96. The van der Waals surface area contributed by atoms with E-state index in [0.717, 1.165) is 82.8 Å². The first-order valence-corrected chi connectivity index (χ1v) is 10.3. The zero-order valence-corrected chi connectivity index (χ0v) is 19.7. The van der Waals surface area contributed by atoms with Crippen molar-refractivity contribution < 1.29 is 9.47 Å². The van der Waals surface area contributed by atoms with E-state index in [4.69, 9.17) is 21.1 Å². The van der Waals surface area contributed by atoms with Gasteiger partial charge in [-0.2, -0.15) is 0 Å². The van der Waals surface area contributed by atoms with E-state index in [1.165, 1.54) is 5.69 Å². The van der Waals surface area contributed by atoms with E-state index in [2.05, 4.69) is 26.2 Å². The number of guanidine groups is 1. The predicted molar refractivity (Wildman–Crippen MR) is 126 cm³/mol. The molecule has 6 nitrogen and oxygen atoms in total. The largest absolute Gasteiger partial charge is 0.381 e. The van der Waals surface area contributed by atoms with Crippen LogP contribution in [0.3, 0.4) is 0 Å². The first kappa shape index (κ1) is 23.5. The Bertz CT molecular complexity index is 606. The van der Waals surface area contributed by atoms with Crippen molar-refractivity contribution in [3.05, 3.63) is 29.3 Å². The first-order chi connectivity index (χ1) is 13.3. The third-order valence-electron chi connectivity index (χ3n) is 5.09. The monoisotopic (exact) mass is 522 g/mol. The Morgan fingerprint density at radius 2 is 2.00 bits per heavy atom.